The van der Waals surface area contributed by atoms with Gasteiger partial charge in [0.05, 0.1) is 11.0 Å². The molecular weight excluding hydrogens is 276 g/mol. The number of fused-ring (bicyclic) bond motifs is 1. The van der Waals surface area contributed by atoms with Gasteiger partial charge in [0.2, 0.25) is 0 Å². The van der Waals surface area contributed by atoms with Crippen LogP contribution in [-0.4, -0.2) is 26.6 Å². The number of nitrogens with one attached hydrogen (secondary N) is 1. The molecule has 0 aliphatic rings. The Morgan fingerprint density at radius 2 is 2.05 bits per heavy atom. The fraction of sp³-hybridized carbons (Fsp3) is 0.294. The fourth-order valence-electron chi connectivity index (χ4n) is 2.70. The zero-order valence-electron chi connectivity index (χ0n) is 12.9. The number of rotatable bonds is 5. The topological polar surface area (TPSA) is 51.9 Å². The van der Waals surface area contributed by atoms with Crippen molar-refractivity contribution < 1.29 is 4.79 Å². The molecule has 0 unspecified atom stereocenters. The van der Waals surface area contributed by atoms with Gasteiger partial charge in [-0.25, -0.2) is 4.98 Å². The minimum Gasteiger partial charge on any atom is -0.351 e. The highest BCUT2D eigenvalue weighted by atomic mass is 16.1. The van der Waals surface area contributed by atoms with Gasteiger partial charge in [0.1, 0.15) is 11.5 Å². The molecule has 0 aliphatic carbocycles. The number of carbonyl (C=O) groups excluding carboxylic acids is 1. The third kappa shape index (κ3) is 2.74. The van der Waals surface area contributed by atoms with Crippen LogP contribution in [0.3, 0.4) is 0 Å². The van der Waals surface area contributed by atoms with Crippen LogP contribution in [-0.2, 0) is 13.6 Å². The van der Waals surface area contributed by atoms with Crippen molar-refractivity contribution in [3.05, 3.63) is 54.1 Å². The summed E-state index contributed by atoms with van der Waals surface area (Å²) in [7, 11) is 1.87. The Balaban J connectivity index is 1.58. The van der Waals surface area contributed by atoms with Crippen LogP contribution in [0.5, 0.6) is 0 Å². The van der Waals surface area contributed by atoms with E-state index >= 15 is 0 Å². The Hall–Kier alpha value is -2.56. The van der Waals surface area contributed by atoms with Gasteiger partial charge in [0, 0.05) is 26.3 Å². The SMILES string of the molecule is Cc1nc2ccccc2n1CCCNC(=O)c1cccn1C. The molecule has 0 bridgehead atoms. The first-order chi connectivity index (χ1) is 10.7. The monoisotopic (exact) mass is 296 g/mol. The number of aromatic nitrogens is 3. The van der Waals surface area contributed by atoms with Gasteiger partial charge in [-0.05, 0) is 37.6 Å². The summed E-state index contributed by atoms with van der Waals surface area (Å²) in [5.74, 6) is 0.981. The molecule has 0 aliphatic heterocycles. The molecule has 3 aromatic rings. The van der Waals surface area contributed by atoms with E-state index in [4.69, 9.17) is 0 Å². The van der Waals surface area contributed by atoms with E-state index < -0.39 is 0 Å². The average molecular weight is 296 g/mol. The first kappa shape index (κ1) is 14.4. The quantitative estimate of drug-likeness (QED) is 0.736. The molecule has 2 heterocycles. The van der Waals surface area contributed by atoms with Crippen molar-refractivity contribution >= 4 is 16.9 Å². The van der Waals surface area contributed by atoms with Crippen LogP contribution in [0, 0.1) is 6.92 Å². The first-order valence-corrected chi connectivity index (χ1v) is 7.48. The van der Waals surface area contributed by atoms with Gasteiger partial charge < -0.3 is 14.5 Å². The second kappa shape index (κ2) is 6.05. The number of carbonyl (C=O) groups is 1. The molecule has 1 N–H and O–H groups in total. The van der Waals surface area contributed by atoms with Crippen LogP contribution >= 0.6 is 0 Å². The molecular formula is C17H20N4O. The molecule has 5 heteroatoms. The second-order valence-electron chi connectivity index (χ2n) is 5.41. The summed E-state index contributed by atoms with van der Waals surface area (Å²) in [4.78, 5) is 16.6. The van der Waals surface area contributed by atoms with E-state index in [0.29, 0.717) is 12.2 Å². The third-order valence-electron chi connectivity index (χ3n) is 3.87. The first-order valence-electron chi connectivity index (χ1n) is 7.48. The number of amides is 1. The lowest BCUT2D eigenvalue weighted by Gasteiger charge is -2.08. The minimum absolute atomic E-state index is 0.0280. The zero-order chi connectivity index (χ0) is 15.5. The van der Waals surface area contributed by atoms with Crippen LogP contribution in [0.15, 0.2) is 42.6 Å². The highest BCUT2D eigenvalue weighted by molar-refractivity contribution is 5.92. The molecule has 0 atom stereocenters. The number of hydrogen-bond acceptors (Lipinski definition) is 2. The number of aryl methyl sites for hydroxylation is 3. The molecule has 2 aromatic heterocycles. The summed E-state index contributed by atoms with van der Waals surface area (Å²) in [6.07, 6.45) is 2.74. The van der Waals surface area contributed by atoms with Gasteiger partial charge in [-0.3, -0.25) is 4.79 Å². The molecule has 1 amide bonds. The lowest BCUT2D eigenvalue weighted by molar-refractivity contribution is 0.0944. The van der Waals surface area contributed by atoms with E-state index in [1.165, 1.54) is 0 Å². The zero-order valence-corrected chi connectivity index (χ0v) is 12.9. The number of nitrogens with zero attached hydrogens (tertiary/aromatic N) is 3. The van der Waals surface area contributed by atoms with Gasteiger partial charge in [0.25, 0.3) is 5.91 Å². The Morgan fingerprint density at radius 1 is 1.23 bits per heavy atom. The molecule has 0 radical (unpaired) electrons. The molecule has 114 valence electrons. The summed E-state index contributed by atoms with van der Waals surface area (Å²) < 4.78 is 4.02. The molecule has 1 aromatic carbocycles. The van der Waals surface area contributed by atoms with E-state index in [1.54, 1.807) is 0 Å². The van der Waals surface area contributed by atoms with Crippen molar-refractivity contribution in [2.45, 2.75) is 19.9 Å². The van der Waals surface area contributed by atoms with Crippen molar-refractivity contribution in [3.8, 4) is 0 Å². The fourth-order valence-corrected chi connectivity index (χ4v) is 2.70. The maximum absolute atomic E-state index is 12.0. The standard InChI is InChI=1S/C17H20N4O/c1-13-19-14-7-3-4-8-15(14)21(13)12-6-10-18-17(22)16-9-5-11-20(16)2/h3-5,7-9,11H,6,10,12H2,1-2H3,(H,18,22). The van der Waals surface area contributed by atoms with E-state index in [0.717, 1.165) is 29.8 Å². The Morgan fingerprint density at radius 3 is 2.82 bits per heavy atom. The van der Waals surface area contributed by atoms with Gasteiger partial charge in [-0.2, -0.15) is 0 Å². The maximum Gasteiger partial charge on any atom is 0.267 e. The van der Waals surface area contributed by atoms with E-state index in [-0.39, 0.29) is 5.91 Å². The van der Waals surface area contributed by atoms with Crippen molar-refractivity contribution in [2.24, 2.45) is 7.05 Å². The van der Waals surface area contributed by atoms with Gasteiger partial charge >= 0.3 is 0 Å². The Labute approximate surface area is 129 Å². The van der Waals surface area contributed by atoms with Gasteiger partial charge in [-0.1, -0.05) is 12.1 Å². The molecule has 0 fully saturated rings. The van der Waals surface area contributed by atoms with Crippen LogP contribution in [0.2, 0.25) is 0 Å². The summed E-state index contributed by atoms with van der Waals surface area (Å²) in [6.45, 7) is 3.51. The Bertz CT molecular complexity index is 800. The second-order valence-corrected chi connectivity index (χ2v) is 5.41. The molecule has 0 saturated carbocycles. The minimum atomic E-state index is -0.0280. The summed E-state index contributed by atoms with van der Waals surface area (Å²) >= 11 is 0. The smallest absolute Gasteiger partial charge is 0.267 e. The lowest BCUT2D eigenvalue weighted by atomic mass is 10.3. The van der Waals surface area contributed by atoms with Crippen LogP contribution in [0.1, 0.15) is 22.7 Å². The maximum atomic E-state index is 12.0. The molecule has 3 rings (SSSR count). The average Bonchev–Trinajstić information content (AvgIpc) is 3.07. The summed E-state index contributed by atoms with van der Waals surface area (Å²) in [5.41, 5.74) is 2.85. The third-order valence-corrected chi connectivity index (χ3v) is 3.87. The molecule has 0 spiro atoms. The van der Waals surface area contributed by atoms with Crippen LogP contribution in [0.4, 0.5) is 0 Å². The number of benzene rings is 1. The number of hydrogen-bond donors (Lipinski definition) is 1. The normalized spacial score (nSPS) is 11.0. The van der Waals surface area contributed by atoms with Gasteiger partial charge in [0.15, 0.2) is 0 Å². The number of imidazole rings is 1. The van der Waals surface area contributed by atoms with E-state index in [1.807, 2.05) is 55.1 Å². The van der Waals surface area contributed by atoms with Gasteiger partial charge in [-0.15, -0.1) is 0 Å². The van der Waals surface area contributed by atoms with E-state index in [2.05, 4.69) is 20.9 Å². The molecule has 22 heavy (non-hydrogen) atoms. The molecule has 0 saturated heterocycles. The lowest BCUT2D eigenvalue weighted by Crippen LogP contribution is -2.27. The van der Waals surface area contributed by atoms with Crippen molar-refractivity contribution in [3.63, 3.8) is 0 Å². The predicted octanol–water partition coefficient (Wildman–Crippen LogP) is 2.50. The van der Waals surface area contributed by atoms with Crippen LogP contribution < -0.4 is 5.32 Å². The number of para-hydroxylation sites is 2. The van der Waals surface area contributed by atoms with Crippen molar-refractivity contribution in [2.75, 3.05) is 6.54 Å². The van der Waals surface area contributed by atoms with E-state index in [9.17, 15) is 4.79 Å². The van der Waals surface area contributed by atoms with Crippen molar-refractivity contribution in [1.29, 1.82) is 0 Å². The van der Waals surface area contributed by atoms with Crippen LogP contribution in [0.25, 0.3) is 11.0 Å². The van der Waals surface area contributed by atoms with Crippen molar-refractivity contribution in [1.82, 2.24) is 19.4 Å². The Kier molecular flexibility index (Phi) is 3.96. The predicted molar refractivity (Wildman–Crippen MR) is 86.8 cm³/mol. The summed E-state index contributed by atoms with van der Waals surface area (Å²) in [6, 6.07) is 11.8. The highest BCUT2D eigenvalue weighted by Crippen LogP contribution is 2.15. The highest BCUT2D eigenvalue weighted by Gasteiger charge is 2.09. The summed E-state index contributed by atoms with van der Waals surface area (Å²) in [5, 5.41) is 2.96. The molecule has 5 nitrogen and oxygen atoms in total. The largest absolute Gasteiger partial charge is 0.351 e.